The van der Waals surface area contributed by atoms with Crippen molar-refractivity contribution in [3.8, 4) is 17.6 Å². The number of aromatic nitrogens is 2. The zero-order valence-corrected chi connectivity index (χ0v) is 14.2. The van der Waals surface area contributed by atoms with Gasteiger partial charge in [-0.15, -0.1) is 0 Å². The minimum absolute atomic E-state index is 0.120. The summed E-state index contributed by atoms with van der Waals surface area (Å²) >= 11 is 0. The minimum atomic E-state index is -0.257. The Morgan fingerprint density at radius 3 is 2.69 bits per heavy atom. The molecule has 0 fully saturated rings. The van der Waals surface area contributed by atoms with Crippen LogP contribution in [-0.2, 0) is 6.61 Å². The highest BCUT2D eigenvalue weighted by Gasteiger charge is 2.12. The highest BCUT2D eigenvalue weighted by molar-refractivity contribution is 5.97. The number of ether oxygens (including phenoxy) is 1. The third-order valence-corrected chi connectivity index (χ3v) is 3.40. The molecule has 0 spiro atoms. The number of benzene rings is 2. The molecule has 0 aliphatic heterocycles. The van der Waals surface area contributed by atoms with Crippen LogP contribution in [0.2, 0.25) is 0 Å². The lowest BCUT2D eigenvalue weighted by molar-refractivity contribution is 0.0954. The van der Waals surface area contributed by atoms with Gasteiger partial charge in [0, 0.05) is 12.5 Å². The van der Waals surface area contributed by atoms with E-state index in [0.29, 0.717) is 23.0 Å². The lowest BCUT2D eigenvalue weighted by atomic mass is 10.2. The summed E-state index contributed by atoms with van der Waals surface area (Å²) in [6.07, 6.45) is 0. The van der Waals surface area contributed by atoms with Crippen LogP contribution in [0.3, 0.4) is 0 Å². The molecular formula is C20H17N3O3. The Bertz CT molecular complexity index is 939. The van der Waals surface area contributed by atoms with Crippen molar-refractivity contribution in [2.45, 2.75) is 13.5 Å². The average Bonchev–Trinajstić information content (AvgIpc) is 3.10. The predicted octanol–water partition coefficient (Wildman–Crippen LogP) is 2.74. The molecule has 6 nitrogen and oxygen atoms in total. The Kier molecular flexibility index (Phi) is 5.63. The van der Waals surface area contributed by atoms with Crippen LogP contribution < -0.4 is 10.1 Å². The predicted molar refractivity (Wildman–Crippen MR) is 95.5 cm³/mol. The van der Waals surface area contributed by atoms with E-state index in [0.717, 1.165) is 5.56 Å². The van der Waals surface area contributed by atoms with Crippen LogP contribution in [0.5, 0.6) is 5.75 Å². The molecule has 0 aliphatic rings. The van der Waals surface area contributed by atoms with Crippen molar-refractivity contribution < 1.29 is 14.1 Å². The molecule has 0 unspecified atom stereocenters. The van der Waals surface area contributed by atoms with Gasteiger partial charge in [0.05, 0.1) is 12.1 Å². The molecule has 2 aromatic carbocycles. The van der Waals surface area contributed by atoms with Crippen LogP contribution in [-0.4, -0.2) is 22.6 Å². The van der Waals surface area contributed by atoms with Crippen LogP contribution in [0, 0.1) is 18.8 Å². The van der Waals surface area contributed by atoms with E-state index in [1.807, 2.05) is 30.3 Å². The number of carbonyl (C=O) groups is 1. The van der Waals surface area contributed by atoms with E-state index in [1.54, 1.807) is 31.2 Å². The molecule has 0 saturated carbocycles. The topological polar surface area (TPSA) is 77.2 Å². The fourth-order valence-electron chi connectivity index (χ4n) is 2.21. The number of hydrogen-bond donors (Lipinski definition) is 1. The van der Waals surface area contributed by atoms with Gasteiger partial charge in [0.1, 0.15) is 5.75 Å². The standard InChI is InChI=1S/C20H17N3O3/c1-15-22-19(23-26-15)14-25-18-12-6-5-11-17(18)20(24)21-13-7-10-16-8-3-2-4-9-16/h2-6,8-9,11-12H,13-14H2,1H3,(H,21,24). The van der Waals surface area contributed by atoms with Gasteiger partial charge in [0.2, 0.25) is 11.7 Å². The second kappa shape index (κ2) is 8.49. The molecule has 1 N–H and O–H groups in total. The molecule has 1 amide bonds. The molecule has 3 rings (SSSR count). The highest BCUT2D eigenvalue weighted by Crippen LogP contribution is 2.18. The number of nitrogens with zero attached hydrogens (tertiary/aromatic N) is 2. The first-order chi connectivity index (χ1) is 12.7. The highest BCUT2D eigenvalue weighted by atomic mass is 16.5. The fourth-order valence-corrected chi connectivity index (χ4v) is 2.21. The Morgan fingerprint density at radius 2 is 1.92 bits per heavy atom. The summed E-state index contributed by atoms with van der Waals surface area (Å²) in [5, 5.41) is 6.53. The van der Waals surface area contributed by atoms with E-state index < -0.39 is 0 Å². The summed E-state index contributed by atoms with van der Waals surface area (Å²) < 4.78 is 10.5. The lowest BCUT2D eigenvalue weighted by Crippen LogP contribution is -2.24. The molecular weight excluding hydrogens is 330 g/mol. The molecule has 0 radical (unpaired) electrons. The molecule has 0 aliphatic carbocycles. The third kappa shape index (κ3) is 4.71. The quantitative estimate of drug-likeness (QED) is 0.718. The zero-order chi connectivity index (χ0) is 18.2. The van der Waals surface area contributed by atoms with E-state index in [1.165, 1.54) is 0 Å². The van der Waals surface area contributed by atoms with Crippen molar-refractivity contribution >= 4 is 5.91 Å². The van der Waals surface area contributed by atoms with Gasteiger partial charge in [-0.25, -0.2) is 0 Å². The van der Waals surface area contributed by atoms with Crippen LogP contribution in [0.25, 0.3) is 0 Å². The largest absolute Gasteiger partial charge is 0.485 e. The number of carbonyl (C=O) groups excluding carboxylic acids is 1. The lowest BCUT2D eigenvalue weighted by Gasteiger charge is -2.09. The third-order valence-electron chi connectivity index (χ3n) is 3.40. The molecule has 26 heavy (non-hydrogen) atoms. The number of nitrogens with one attached hydrogen (secondary N) is 1. The van der Waals surface area contributed by atoms with Crippen molar-refractivity contribution in [1.82, 2.24) is 15.5 Å². The van der Waals surface area contributed by atoms with Gasteiger partial charge in [-0.1, -0.05) is 47.3 Å². The van der Waals surface area contributed by atoms with Gasteiger partial charge in [-0.3, -0.25) is 4.79 Å². The van der Waals surface area contributed by atoms with E-state index >= 15 is 0 Å². The van der Waals surface area contributed by atoms with Gasteiger partial charge in [-0.2, -0.15) is 4.98 Å². The van der Waals surface area contributed by atoms with Crippen molar-refractivity contribution in [3.05, 3.63) is 77.4 Å². The van der Waals surface area contributed by atoms with Gasteiger partial charge >= 0.3 is 0 Å². The van der Waals surface area contributed by atoms with Crippen molar-refractivity contribution in [3.63, 3.8) is 0 Å². The molecule has 3 aromatic rings. The van der Waals surface area contributed by atoms with Crippen LogP contribution >= 0.6 is 0 Å². The summed E-state index contributed by atoms with van der Waals surface area (Å²) in [4.78, 5) is 16.5. The number of hydrogen-bond acceptors (Lipinski definition) is 5. The monoisotopic (exact) mass is 347 g/mol. The average molecular weight is 347 g/mol. The van der Waals surface area contributed by atoms with Gasteiger partial charge in [0.15, 0.2) is 6.61 Å². The maximum absolute atomic E-state index is 12.4. The smallest absolute Gasteiger partial charge is 0.255 e. The van der Waals surface area contributed by atoms with Crippen LogP contribution in [0.1, 0.15) is 27.6 Å². The second-order valence-corrected chi connectivity index (χ2v) is 5.36. The molecule has 0 bridgehead atoms. The van der Waals surface area contributed by atoms with E-state index in [9.17, 15) is 4.79 Å². The summed E-state index contributed by atoms with van der Waals surface area (Å²) in [5.74, 6) is 7.00. The second-order valence-electron chi connectivity index (χ2n) is 5.36. The zero-order valence-electron chi connectivity index (χ0n) is 14.2. The number of aryl methyl sites for hydroxylation is 1. The summed E-state index contributed by atoms with van der Waals surface area (Å²) in [5.41, 5.74) is 1.33. The number of amides is 1. The SMILES string of the molecule is Cc1nc(COc2ccccc2C(=O)NCC#Cc2ccccc2)no1. The first kappa shape index (κ1) is 17.2. The van der Waals surface area contributed by atoms with Crippen LogP contribution in [0.15, 0.2) is 59.1 Å². The molecule has 1 heterocycles. The van der Waals surface area contributed by atoms with Crippen molar-refractivity contribution in [2.24, 2.45) is 0 Å². The van der Waals surface area contributed by atoms with E-state index in [2.05, 4.69) is 27.3 Å². The summed E-state index contributed by atoms with van der Waals surface area (Å²) in [7, 11) is 0. The van der Waals surface area contributed by atoms with Crippen molar-refractivity contribution in [2.75, 3.05) is 6.54 Å². The molecule has 0 atom stereocenters. The van der Waals surface area contributed by atoms with E-state index in [4.69, 9.17) is 9.26 Å². The Labute approximate surface area is 151 Å². The summed E-state index contributed by atoms with van der Waals surface area (Å²) in [6.45, 7) is 2.07. The van der Waals surface area contributed by atoms with Crippen molar-refractivity contribution in [1.29, 1.82) is 0 Å². The summed E-state index contributed by atoms with van der Waals surface area (Å²) in [6, 6.07) is 16.6. The minimum Gasteiger partial charge on any atom is -0.485 e. The normalized spacial score (nSPS) is 9.88. The Hall–Kier alpha value is -3.59. The number of rotatable bonds is 5. The molecule has 6 heteroatoms. The Balaban J connectivity index is 1.59. The first-order valence-corrected chi connectivity index (χ1v) is 8.05. The fraction of sp³-hybridized carbons (Fsp3) is 0.150. The van der Waals surface area contributed by atoms with E-state index in [-0.39, 0.29) is 19.1 Å². The molecule has 0 saturated heterocycles. The maximum atomic E-state index is 12.4. The number of para-hydroxylation sites is 1. The van der Waals surface area contributed by atoms with Crippen LogP contribution in [0.4, 0.5) is 0 Å². The Morgan fingerprint density at radius 1 is 1.15 bits per heavy atom. The van der Waals surface area contributed by atoms with Gasteiger partial charge < -0.3 is 14.6 Å². The van der Waals surface area contributed by atoms with Gasteiger partial charge in [-0.05, 0) is 24.3 Å². The first-order valence-electron chi connectivity index (χ1n) is 8.05. The molecule has 130 valence electrons. The van der Waals surface area contributed by atoms with Gasteiger partial charge in [0.25, 0.3) is 5.91 Å². The molecule has 1 aromatic heterocycles. The maximum Gasteiger partial charge on any atom is 0.255 e.